The van der Waals surface area contributed by atoms with E-state index in [9.17, 15) is 14.4 Å². The second-order valence-corrected chi connectivity index (χ2v) is 6.91. The molecule has 0 bridgehead atoms. The molecule has 2 atom stereocenters. The molecule has 126 valence electrons. The summed E-state index contributed by atoms with van der Waals surface area (Å²) in [5.74, 6) is -1.23. The van der Waals surface area contributed by atoms with E-state index >= 15 is 0 Å². The van der Waals surface area contributed by atoms with Crippen molar-refractivity contribution < 1.29 is 19.1 Å². The minimum atomic E-state index is -0.373. The number of imide groups is 1. The van der Waals surface area contributed by atoms with E-state index < -0.39 is 0 Å². The zero-order valence-electron chi connectivity index (χ0n) is 14.0. The first-order valence-corrected chi connectivity index (χ1v) is 8.08. The third kappa shape index (κ3) is 2.54. The van der Waals surface area contributed by atoms with Crippen molar-refractivity contribution in [1.82, 2.24) is 4.90 Å². The highest BCUT2D eigenvalue weighted by Gasteiger charge is 2.61. The highest BCUT2D eigenvalue weighted by Crippen LogP contribution is 2.59. The number of hydrogen-bond donors (Lipinski definition) is 0. The first-order valence-electron chi connectivity index (χ1n) is 8.08. The summed E-state index contributed by atoms with van der Waals surface area (Å²) in [7, 11) is 0. The molecule has 1 heterocycles. The molecular weight excluding hydrogens is 306 g/mol. The molecule has 1 fully saturated rings. The minimum absolute atomic E-state index is 0.0866. The van der Waals surface area contributed by atoms with E-state index in [-0.39, 0.29) is 41.8 Å². The molecule has 2 amide bonds. The number of esters is 1. The molecule has 1 aliphatic heterocycles. The van der Waals surface area contributed by atoms with Crippen LogP contribution in [0.5, 0.6) is 0 Å². The van der Waals surface area contributed by atoms with Crippen LogP contribution >= 0.6 is 0 Å². The maximum atomic E-state index is 12.3. The van der Waals surface area contributed by atoms with Gasteiger partial charge in [-0.15, -0.1) is 0 Å². The molecule has 0 spiro atoms. The number of ether oxygens (including phenoxy) is 1. The van der Waals surface area contributed by atoms with Gasteiger partial charge in [-0.1, -0.05) is 50.8 Å². The van der Waals surface area contributed by atoms with Crippen molar-refractivity contribution in [3.8, 4) is 0 Å². The van der Waals surface area contributed by atoms with Crippen LogP contribution in [0.2, 0.25) is 0 Å². The van der Waals surface area contributed by atoms with Crippen LogP contribution in [-0.2, 0) is 19.1 Å². The van der Waals surface area contributed by atoms with Gasteiger partial charge in [0.15, 0.2) is 6.73 Å². The summed E-state index contributed by atoms with van der Waals surface area (Å²) < 4.78 is 5.28. The number of allylic oxidation sites excluding steroid dienone is 5. The van der Waals surface area contributed by atoms with Gasteiger partial charge in [-0.2, -0.15) is 0 Å². The van der Waals surface area contributed by atoms with Crippen molar-refractivity contribution in [3.63, 3.8) is 0 Å². The number of carbonyl (C=O) groups is 3. The topological polar surface area (TPSA) is 63.7 Å². The van der Waals surface area contributed by atoms with Gasteiger partial charge in [0, 0.05) is 11.1 Å². The number of nitrogens with zero attached hydrogens (tertiary/aromatic N) is 1. The molecule has 3 rings (SSSR count). The van der Waals surface area contributed by atoms with Gasteiger partial charge in [0.1, 0.15) is 0 Å². The van der Waals surface area contributed by atoms with Crippen LogP contribution < -0.4 is 0 Å². The van der Waals surface area contributed by atoms with Gasteiger partial charge in [-0.3, -0.25) is 14.4 Å². The van der Waals surface area contributed by atoms with E-state index in [4.69, 9.17) is 4.74 Å². The molecule has 0 aromatic rings. The van der Waals surface area contributed by atoms with Crippen LogP contribution in [0.4, 0.5) is 0 Å². The predicted molar refractivity (Wildman–Crippen MR) is 88.3 cm³/mol. The summed E-state index contributed by atoms with van der Waals surface area (Å²) in [4.78, 5) is 37.9. The van der Waals surface area contributed by atoms with Crippen molar-refractivity contribution >= 4 is 17.8 Å². The third-order valence-electron chi connectivity index (χ3n) is 5.14. The van der Waals surface area contributed by atoms with Crippen molar-refractivity contribution in [2.24, 2.45) is 17.3 Å². The quantitative estimate of drug-likeness (QED) is 0.337. The Morgan fingerprint density at radius 1 is 1.29 bits per heavy atom. The molecule has 0 aromatic carbocycles. The summed E-state index contributed by atoms with van der Waals surface area (Å²) in [6.45, 7) is 7.30. The molecule has 24 heavy (non-hydrogen) atoms. The average molecular weight is 327 g/mol. The molecule has 3 aliphatic rings. The Hall–Kier alpha value is -2.43. The summed E-state index contributed by atoms with van der Waals surface area (Å²) in [6.07, 6.45) is 10.1. The van der Waals surface area contributed by atoms with E-state index in [2.05, 4.69) is 6.58 Å². The average Bonchev–Trinajstić information content (AvgIpc) is 3.03. The van der Waals surface area contributed by atoms with E-state index in [0.29, 0.717) is 24.0 Å². The van der Waals surface area contributed by atoms with E-state index in [0.717, 1.165) is 4.90 Å². The Morgan fingerprint density at radius 2 is 1.88 bits per heavy atom. The summed E-state index contributed by atoms with van der Waals surface area (Å²) in [5, 5.41) is 0. The van der Waals surface area contributed by atoms with Crippen molar-refractivity contribution in [1.29, 1.82) is 0 Å². The Labute approximate surface area is 141 Å². The minimum Gasteiger partial charge on any atom is -0.443 e. The van der Waals surface area contributed by atoms with Gasteiger partial charge in [0.05, 0.1) is 5.92 Å². The van der Waals surface area contributed by atoms with Crippen LogP contribution in [0.3, 0.4) is 0 Å². The third-order valence-corrected chi connectivity index (χ3v) is 5.14. The van der Waals surface area contributed by atoms with Crippen molar-refractivity contribution in [3.05, 3.63) is 48.1 Å². The normalized spacial score (nSPS) is 27.7. The lowest BCUT2D eigenvalue weighted by Gasteiger charge is -2.15. The summed E-state index contributed by atoms with van der Waals surface area (Å²) in [5.41, 5.74) is 0.867. The molecule has 1 saturated carbocycles. The number of rotatable bonds is 5. The zero-order valence-corrected chi connectivity index (χ0v) is 14.0. The van der Waals surface area contributed by atoms with E-state index in [1.807, 2.05) is 38.2 Å². The molecule has 5 nitrogen and oxygen atoms in total. The largest absolute Gasteiger partial charge is 0.443 e. The molecule has 5 heteroatoms. The van der Waals surface area contributed by atoms with E-state index in [1.54, 1.807) is 6.08 Å². The standard InChI is InChI=1S/C19H21NO4/c1-4-5-10-14-15(19(14,2)3)18(23)24-11-20-16(21)12-8-6-7-9-13(12)17(20)22/h4-7,10,14-15H,1,8-9,11H2,2-3H3. The van der Waals surface area contributed by atoms with Crippen LogP contribution in [0.1, 0.15) is 26.7 Å². The van der Waals surface area contributed by atoms with Gasteiger partial charge in [-0.25, -0.2) is 4.90 Å². The van der Waals surface area contributed by atoms with Crippen molar-refractivity contribution in [2.75, 3.05) is 6.73 Å². The lowest BCUT2D eigenvalue weighted by atomic mass is 9.99. The molecule has 0 N–H and O–H groups in total. The lowest BCUT2D eigenvalue weighted by molar-refractivity contribution is -0.156. The van der Waals surface area contributed by atoms with Crippen LogP contribution in [0, 0.1) is 17.3 Å². The maximum absolute atomic E-state index is 12.3. The smallest absolute Gasteiger partial charge is 0.311 e. The van der Waals surface area contributed by atoms with Crippen LogP contribution in [0.25, 0.3) is 0 Å². The van der Waals surface area contributed by atoms with Gasteiger partial charge in [0.2, 0.25) is 0 Å². The fourth-order valence-electron chi connectivity index (χ4n) is 3.52. The first kappa shape index (κ1) is 16.4. The SMILES string of the molecule is C=CC=CC1C(C(=O)OCN2C(=O)C3=C(CC=CC3)C2=O)C1(C)C. The monoisotopic (exact) mass is 327 g/mol. The molecule has 0 saturated heterocycles. The van der Waals surface area contributed by atoms with Gasteiger partial charge >= 0.3 is 5.97 Å². The van der Waals surface area contributed by atoms with Gasteiger partial charge in [-0.05, 0) is 24.2 Å². The Kier molecular flexibility index (Phi) is 4.03. The maximum Gasteiger partial charge on any atom is 0.311 e. The van der Waals surface area contributed by atoms with Crippen LogP contribution in [-0.4, -0.2) is 29.4 Å². The summed E-state index contributed by atoms with van der Waals surface area (Å²) in [6, 6.07) is 0. The second kappa shape index (κ2) is 5.89. The fourth-order valence-corrected chi connectivity index (χ4v) is 3.52. The Morgan fingerprint density at radius 3 is 2.42 bits per heavy atom. The number of carbonyl (C=O) groups excluding carboxylic acids is 3. The van der Waals surface area contributed by atoms with Crippen LogP contribution in [0.15, 0.2) is 48.1 Å². The number of amides is 2. The second-order valence-electron chi connectivity index (χ2n) is 6.91. The highest BCUT2D eigenvalue weighted by atomic mass is 16.5. The number of hydrogen-bond acceptors (Lipinski definition) is 4. The fraction of sp³-hybridized carbons (Fsp3) is 0.421. The van der Waals surface area contributed by atoms with Gasteiger partial charge in [0.25, 0.3) is 11.8 Å². The zero-order chi connectivity index (χ0) is 17.5. The summed E-state index contributed by atoms with van der Waals surface area (Å²) >= 11 is 0. The Balaban J connectivity index is 1.60. The lowest BCUT2D eigenvalue weighted by Crippen LogP contribution is -2.35. The van der Waals surface area contributed by atoms with Crippen molar-refractivity contribution in [2.45, 2.75) is 26.7 Å². The molecular formula is C19H21NO4. The first-order chi connectivity index (χ1) is 11.4. The Bertz CT molecular complexity index is 681. The molecule has 0 aromatic heterocycles. The predicted octanol–water partition coefficient (Wildman–Crippen LogP) is 2.52. The van der Waals surface area contributed by atoms with E-state index in [1.165, 1.54) is 0 Å². The molecule has 0 radical (unpaired) electrons. The van der Waals surface area contributed by atoms with Gasteiger partial charge < -0.3 is 4.74 Å². The highest BCUT2D eigenvalue weighted by molar-refractivity contribution is 6.19. The molecule has 2 aliphatic carbocycles. The molecule has 2 unspecified atom stereocenters.